The highest BCUT2D eigenvalue weighted by atomic mass is 32.2. The molecular formula is C20H20N2O3S. The van der Waals surface area contributed by atoms with Gasteiger partial charge in [-0.1, -0.05) is 60.7 Å². The molecule has 3 rings (SSSR count). The third-order valence-electron chi connectivity index (χ3n) is 3.95. The van der Waals surface area contributed by atoms with Crippen molar-refractivity contribution in [3.8, 4) is 5.88 Å². The molecule has 0 aliphatic heterocycles. The molecule has 0 aliphatic rings. The van der Waals surface area contributed by atoms with Crippen molar-refractivity contribution >= 4 is 10.0 Å². The summed E-state index contributed by atoms with van der Waals surface area (Å²) in [7, 11) is -2.38. The number of ether oxygens (including phenoxy) is 1. The summed E-state index contributed by atoms with van der Waals surface area (Å²) in [5.41, 5.74) is 1.82. The average molecular weight is 368 g/mol. The van der Waals surface area contributed by atoms with Gasteiger partial charge in [0.1, 0.15) is 4.90 Å². The van der Waals surface area contributed by atoms with Crippen molar-refractivity contribution in [2.75, 3.05) is 7.11 Å². The molecule has 3 aromatic rings. The predicted octanol–water partition coefficient (Wildman–Crippen LogP) is 3.48. The van der Waals surface area contributed by atoms with Crippen LogP contribution in [0.3, 0.4) is 0 Å². The Morgan fingerprint density at radius 1 is 0.846 bits per heavy atom. The molecular weight excluding hydrogens is 348 g/mol. The summed E-state index contributed by atoms with van der Waals surface area (Å²) in [4.78, 5) is 4.10. The van der Waals surface area contributed by atoms with E-state index < -0.39 is 10.0 Å². The fraction of sp³-hybridized carbons (Fsp3) is 0.150. The van der Waals surface area contributed by atoms with Gasteiger partial charge in [-0.25, -0.2) is 13.4 Å². The smallest absolute Gasteiger partial charge is 0.249 e. The Bertz CT molecular complexity index is 904. The second-order valence-corrected chi connectivity index (χ2v) is 7.66. The number of aromatic nitrogens is 1. The van der Waals surface area contributed by atoms with Crippen LogP contribution in [0.1, 0.15) is 11.1 Å². The second-order valence-electron chi connectivity index (χ2n) is 5.76. The lowest BCUT2D eigenvalue weighted by atomic mass is 10.2. The lowest BCUT2D eigenvalue weighted by molar-refractivity contribution is 0.372. The van der Waals surface area contributed by atoms with E-state index in [0.717, 1.165) is 11.1 Å². The Morgan fingerprint density at radius 3 is 1.88 bits per heavy atom. The maximum absolute atomic E-state index is 13.3. The number of pyridine rings is 1. The van der Waals surface area contributed by atoms with Crippen molar-refractivity contribution < 1.29 is 13.2 Å². The monoisotopic (exact) mass is 368 g/mol. The number of methoxy groups -OCH3 is 1. The Hall–Kier alpha value is -2.70. The molecule has 0 saturated carbocycles. The Morgan fingerprint density at radius 2 is 1.38 bits per heavy atom. The Kier molecular flexibility index (Phi) is 5.65. The van der Waals surface area contributed by atoms with E-state index in [1.165, 1.54) is 23.7 Å². The van der Waals surface area contributed by atoms with E-state index in [1.807, 2.05) is 60.7 Å². The summed E-state index contributed by atoms with van der Waals surface area (Å²) in [5.74, 6) is 0.0959. The van der Waals surface area contributed by atoms with E-state index in [9.17, 15) is 8.42 Å². The summed E-state index contributed by atoms with van der Waals surface area (Å²) >= 11 is 0. The van der Waals surface area contributed by atoms with Gasteiger partial charge >= 0.3 is 0 Å². The van der Waals surface area contributed by atoms with Crippen molar-refractivity contribution in [1.82, 2.24) is 9.29 Å². The molecule has 5 nitrogen and oxygen atoms in total. The largest absolute Gasteiger partial charge is 0.480 e. The van der Waals surface area contributed by atoms with Crippen molar-refractivity contribution in [1.29, 1.82) is 0 Å². The van der Waals surface area contributed by atoms with E-state index >= 15 is 0 Å². The molecule has 6 heteroatoms. The number of hydrogen-bond donors (Lipinski definition) is 0. The van der Waals surface area contributed by atoms with Crippen LogP contribution < -0.4 is 4.74 Å². The zero-order chi connectivity index (χ0) is 18.4. The highest BCUT2D eigenvalue weighted by molar-refractivity contribution is 7.89. The Balaban J connectivity index is 2.01. The van der Waals surface area contributed by atoms with Crippen LogP contribution in [0, 0.1) is 0 Å². The fourth-order valence-corrected chi connectivity index (χ4v) is 4.19. The molecule has 0 saturated heterocycles. The van der Waals surface area contributed by atoms with Crippen molar-refractivity contribution in [2.45, 2.75) is 18.0 Å². The third kappa shape index (κ3) is 4.09. The van der Waals surface area contributed by atoms with Gasteiger partial charge < -0.3 is 4.74 Å². The van der Waals surface area contributed by atoms with Crippen LogP contribution in [0.2, 0.25) is 0 Å². The zero-order valence-corrected chi connectivity index (χ0v) is 15.3. The standard InChI is InChI=1S/C20H20N2O3S/c1-25-20-19(13-8-14-21-20)26(23,24)22(15-17-9-4-2-5-10-17)16-18-11-6-3-7-12-18/h2-14H,15-16H2,1H3. The topological polar surface area (TPSA) is 59.5 Å². The number of rotatable bonds is 7. The number of benzene rings is 2. The average Bonchev–Trinajstić information content (AvgIpc) is 2.69. The number of sulfonamides is 1. The molecule has 0 amide bonds. The van der Waals surface area contributed by atoms with Gasteiger partial charge in [0.15, 0.2) is 0 Å². The third-order valence-corrected chi connectivity index (χ3v) is 5.76. The molecule has 0 unspecified atom stereocenters. The summed E-state index contributed by atoms with van der Waals surface area (Å²) in [6.45, 7) is 0.520. The van der Waals surface area contributed by atoms with Crippen LogP contribution in [0.5, 0.6) is 5.88 Å². The molecule has 26 heavy (non-hydrogen) atoms. The van der Waals surface area contributed by atoms with Gasteiger partial charge in [-0.2, -0.15) is 4.31 Å². The molecule has 0 fully saturated rings. The normalized spacial score (nSPS) is 11.5. The first-order valence-corrected chi connectivity index (χ1v) is 9.62. The van der Waals surface area contributed by atoms with Crippen molar-refractivity contribution in [3.63, 3.8) is 0 Å². The molecule has 1 aromatic heterocycles. The molecule has 0 aliphatic carbocycles. The molecule has 2 aromatic carbocycles. The van der Waals surface area contributed by atoms with Gasteiger partial charge in [0.05, 0.1) is 7.11 Å². The summed E-state index contributed by atoms with van der Waals surface area (Å²) in [6, 6.07) is 22.2. The summed E-state index contributed by atoms with van der Waals surface area (Å²) in [6.07, 6.45) is 1.51. The van der Waals surface area contributed by atoms with Crippen LogP contribution >= 0.6 is 0 Å². The maximum Gasteiger partial charge on any atom is 0.249 e. The first-order valence-electron chi connectivity index (χ1n) is 8.18. The number of hydrogen-bond acceptors (Lipinski definition) is 4. The highest BCUT2D eigenvalue weighted by Crippen LogP contribution is 2.26. The van der Waals surface area contributed by atoms with Crippen LogP contribution in [0.4, 0.5) is 0 Å². The van der Waals surface area contributed by atoms with Gasteiger partial charge in [0.2, 0.25) is 15.9 Å². The molecule has 0 radical (unpaired) electrons. The SMILES string of the molecule is COc1ncccc1S(=O)(=O)N(Cc1ccccc1)Cc1ccccc1. The molecule has 0 spiro atoms. The van der Waals surface area contributed by atoms with E-state index in [0.29, 0.717) is 0 Å². The zero-order valence-electron chi connectivity index (χ0n) is 14.4. The maximum atomic E-state index is 13.3. The summed E-state index contributed by atoms with van der Waals surface area (Å²) < 4.78 is 33.3. The quantitative estimate of drug-likeness (QED) is 0.641. The van der Waals surface area contributed by atoms with Crippen LogP contribution in [-0.4, -0.2) is 24.8 Å². The minimum atomic E-state index is -3.79. The highest BCUT2D eigenvalue weighted by Gasteiger charge is 2.28. The predicted molar refractivity (Wildman–Crippen MR) is 100 cm³/mol. The lowest BCUT2D eigenvalue weighted by Crippen LogP contribution is -2.30. The van der Waals surface area contributed by atoms with E-state index in [2.05, 4.69) is 4.98 Å². The molecule has 1 heterocycles. The molecule has 0 bridgehead atoms. The van der Waals surface area contributed by atoms with Gasteiger partial charge in [-0.15, -0.1) is 0 Å². The lowest BCUT2D eigenvalue weighted by Gasteiger charge is -2.23. The van der Waals surface area contributed by atoms with Crippen LogP contribution in [0.15, 0.2) is 83.9 Å². The van der Waals surface area contributed by atoms with Gasteiger partial charge in [-0.05, 0) is 23.3 Å². The van der Waals surface area contributed by atoms with Crippen molar-refractivity contribution in [3.05, 3.63) is 90.1 Å². The van der Waals surface area contributed by atoms with Gasteiger partial charge in [0, 0.05) is 19.3 Å². The molecule has 134 valence electrons. The fourth-order valence-electron chi connectivity index (χ4n) is 2.66. The Labute approximate surface area is 153 Å². The van der Waals surface area contributed by atoms with E-state index in [1.54, 1.807) is 6.07 Å². The van der Waals surface area contributed by atoms with Crippen LogP contribution in [0.25, 0.3) is 0 Å². The van der Waals surface area contributed by atoms with E-state index in [4.69, 9.17) is 4.74 Å². The molecule has 0 atom stereocenters. The van der Waals surface area contributed by atoms with Crippen molar-refractivity contribution in [2.24, 2.45) is 0 Å². The minimum Gasteiger partial charge on any atom is -0.480 e. The van der Waals surface area contributed by atoms with Crippen LogP contribution in [-0.2, 0) is 23.1 Å². The molecule has 0 N–H and O–H groups in total. The first kappa shape index (κ1) is 18.1. The van der Waals surface area contributed by atoms with Gasteiger partial charge in [0.25, 0.3) is 0 Å². The van der Waals surface area contributed by atoms with E-state index in [-0.39, 0.29) is 23.9 Å². The summed E-state index contributed by atoms with van der Waals surface area (Å²) in [5, 5.41) is 0. The minimum absolute atomic E-state index is 0.0642. The first-order chi connectivity index (χ1) is 12.6. The number of nitrogens with zero attached hydrogens (tertiary/aromatic N) is 2. The second kappa shape index (κ2) is 8.12. The van der Waals surface area contributed by atoms with Gasteiger partial charge in [-0.3, -0.25) is 0 Å².